The second-order valence-electron chi connectivity index (χ2n) is 3.83. The third-order valence-electron chi connectivity index (χ3n) is 2.61. The normalized spacial score (nSPS) is 10.9. The zero-order chi connectivity index (χ0) is 12.7. The summed E-state index contributed by atoms with van der Waals surface area (Å²) < 4.78 is 0. The van der Waals surface area contributed by atoms with Crippen molar-refractivity contribution in [3.05, 3.63) is 30.2 Å². The monoisotopic (exact) mass is 243 g/mol. The van der Waals surface area contributed by atoms with Crippen LogP contribution in [0.5, 0.6) is 0 Å². The Hall–Kier alpha value is -2.70. The van der Waals surface area contributed by atoms with Gasteiger partial charge in [-0.3, -0.25) is 0 Å². The van der Waals surface area contributed by atoms with Crippen LogP contribution < -0.4 is 0 Å². The Morgan fingerprint density at radius 1 is 1.39 bits per heavy atom. The summed E-state index contributed by atoms with van der Waals surface area (Å²) in [5.41, 5.74) is 2.63. The number of carboxylic acids is 1. The van der Waals surface area contributed by atoms with Crippen molar-refractivity contribution in [1.29, 1.82) is 0 Å². The summed E-state index contributed by atoms with van der Waals surface area (Å²) in [7, 11) is 1.59. The van der Waals surface area contributed by atoms with Gasteiger partial charge in [0.15, 0.2) is 5.69 Å². The number of H-pyrrole nitrogens is 1. The van der Waals surface area contributed by atoms with Crippen molar-refractivity contribution >= 4 is 17.0 Å². The maximum Gasteiger partial charge on any atom is 0.358 e. The van der Waals surface area contributed by atoms with Gasteiger partial charge < -0.3 is 10.1 Å². The van der Waals surface area contributed by atoms with Crippen molar-refractivity contribution in [3.8, 4) is 11.3 Å². The number of aromatic carboxylic acids is 1. The van der Waals surface area contributed by atoms with Crippen LogP contribution in [0.25, 0.3) is 22.3 Å². The number of carbonyl (C=O) groups is 1. The predicted molar refractivity (Wildman–Crippen MR) is 63.1 cm³/mol. The van der Waals surface area contributed by atoms with E-state index in [1.54, 1.807) is 25.5 Å². The summed E-state index contributed by atoms with van der Waals surface area (Å²) in [5, 5.41) is 17.0. The third-order valence-corrected chi connectivity index (χ3v) is 2.61. The summed E-state index contributed by atoms with van der Waals surface area (Å²) >= 11 is 0. The Balaban J connectivity index is 2.21. The Kier molecular flexibility index (Phi) is 2.12. The SMILES string of the molecule is Cn1nc(C(=O)O)c(-c2ccc3nc[nH]c3c2)n1. The molecule has 2 N–H and O–H groups in total. The minimum atomic E-state index is -1.09. The van der Waals surface area contributed by atoms with E-state index in [0.717, 1.165) is 11.0 Å². The molecular formula is C11H9N5O2. The van der Waals surface area contributed by atoms with Gasteiger partial charge in [0.05, 0.1) is 17.4 Å². The van der Waals surface area contributed by atoms with E-state index in [2.05, 4.69) is 20.2 Å². The Bertz CT molecular complexity index is 743. The molecule has 7 heteroatoms. The lowest BCUT2D eigenvalue weighted by molar-refractivity contribution is 0.0690. The second-order valence-corrected chi connectivity index (χ2v) is 3.83. The van der Waals surface area contributed by atoms with Gasteiger partial charge in [-0.2, -0.15) is 9.90 Å². The molecule has 0 unspecified atom stereocenters. The molecule has 1 aromatic carbocycles. The number of aromatic amines is 1. The third kappa shape index (κ3) is 1.53. The molecule has 0 bridgehead atoms. The number of imidazole rings is 1. The molecule has 0 radical (unpaired) electrons. The number of aromatic nitrogens is 5. The van der Waals surface area contributed by atoms with Crippen LogP contribution in [0.4, 0.5) is 0 Å². The number of fused-ring (bicyclic) bond motifs is 1. The lowest BCUT2D eigenvalue weighted by Crippen LogP contribution is -2.00. The van der Waals surface area contributed by atoms with Crippen LogP contribution in [0.3, 0.4) is 0 Å². The van der Waals surface area contributed by atoms with E-state index in [-0.39, 0.29) is 5.69 Å². The molecule has 7 nitrogen and oxygen atoms in total. The highest BCUT2D eigenvalue weighted by molar-refractivity contribution is 5.93. The molecule has 0 aliphatic rings. The van der Waals surface area contributed by atoms with Crippen molar-refractivity contribution in [2.45, 2.75) is 0 Å². The lowest BCUT2D eigenvalue weighted by atomic mass is 10.1. The first-order valence-electron chi connectivity index (χ1n) is 5.23. The van der Waals surface area contributed by atoms with Gasteiger partial charge >= 0.3 is 5.97 Å². The first-order chi connectivity index (χ1) is 8.65. The van der Waals surface area contributed by atoms with Crippen LogP contribution in [-0.2, 0) is 7.05 Å². The standard InChI is InChI=1S/C11H9N5O2/c1-16-14-9(10(15-16)11(17)18)6-2-3-7-8(4-6)13-5-12-7/h2-5H,1H3,(H,12,13)(H,17,18). The van der Waals surface area contributed by atoms with E-state index in [4.69, 9.17) is 5.11 Å². The van der Waals surface area contributed by atoms with Crippen LogP contribution in [0.1, 0.15) is 10.5 Å². The van der Waals surface area contributed by atoms with Crippen LogP contribution in [0, 0.1) is 0 Å². The maximum atomic E-state index is 11.1. The van der Waals surface area contributed by atoms with Crippen molar-refractivity contribution in [2.24, 2.45) is 7.05 Å². The van der Waals surface area contributed by atoms with Crippen LogP contribution in [-0.4, -0.2) is 36.0 Å². The highest BCUT2D eigenvalue weighted by Crippen LogP contribution is 2.23. The molecule has 0 saturated heterocycles. The summed E-state index contributed by atoms with van der Waals surface area (Å²) in [6.45, 7) is 0. The summed E-state index contributed by atoms with van der Waals surface area (Å²) in [4.78, 5) is 19.4. The average Bonchev–Trinajstić information content (AvgIpc) is 2.93. The van der Waals surface area contributed by atoms with Gasteiger partial charge in [0.1, 0.15) is 5.69 Å². The molecule has 0 aliphatic carbocycles. The first-order valence-corrected chi connectivity index (χ1v) is 5.23. The number of rotatable bonds is 2. The van der Waals surface area contributed by atoms with Gasteiger partial charge in [0, 0.05) is 12.6 Å². The van der Waals surface area contributed by atoms with Crippen molar-refractivity contribution in [2.75, 3.05) is 0 Å². The van der Waals surface area contributed by atoms with Crippen molar-refractivity contribution in [1.82, 2.24) is 25.0 Å². The van der Waals surface area contributed by atoms with Gasteiger partial charge in [0.2, 0.25) is 0 Å². The number of nitrogens with one attached hydrogen (secondary N) is 1. The molecule has 0 spiro atoms. The van der Waals surface area contributed by atoms with E-state index < -0.39 is 5.97 Å². The van der Waals surface area contributed by atoms with E-state index in [9.17, 15) is 4.79 Å². The quantitative estimate of drug-likeness (QED) is 0.701. The summed E-state index contributed by atoms with van der Waals surface area (Å²) in [6, 6.07) is 5.39. The zero-order valence-electron chi connectivity index (χ0n) is 9.45. The predicted octanol–water partition coefficient (Wildman–Crippen LogP) is 1.06. The molecule has 0 amide bonds. The minimum absolute atomic E-state index is 0.0589. The first kappa shape index (κ1) is 10.5. The van der Waals surface area contributed by atoms with Crippen LogP contribution in [0.15, 0.2) is 24.5 Å². The van der Waals surface area contributed by atoms with E-state index >= 15 is 0 Å². The highest BCUT2D eigenvalue weighted by Gasteiger charge is 2.18. The van der Waals surface area contributed by atoms with E-state index in [0.29, 0.717) is 11.3 Å². The van der Waals surface area contributed by atoms with Crippen molar-refractivity contribution < 1.29 is 9.90 Å². The van der Waals surface area contributed by atoms with E-state index in [1.807, 2.05) is 6.07 Å². The molecule has 0 fully saturated rings. The van der Waals surface area contributed by atoms with Crippen LogP contribution >= 0.6 is 0 Å². The van der Waals surface area contributed by atoms with Crippen LogP contribution in [0.2, 0.25) is 0 Å². The minimum Gasteiger partial charge on any atom is -0.476 e. The Labute approximate surface area is 101 Å². The maximum absolute atomic E-state index is 11.1. The zero-order valence-corrected chi connectivity index (χ0v) is 9.45. The molecule has 2 heterocycles. The second kappa shape index (κ2) is 3.66. The fraction of sp³-hybridized carbons (Fsp3) is 0.0909. The molecule has 18 heavy (non-hydrogen) atoms. The smallest absolute Gasteiger partial charge is 0.358 e. The molecule has 2 aromatic heterocycles. The van der Waals surface area contributed by atoms with Gasteiger partial charge in [0.25, 0.3) is 0 Å². The number of hydrogen-bond acceptors (Lipinski definition) is 4. The number of benzene rings is 1. The Morgan fingerprint density at radius 2 is 2.22 bits per heavy atom. The summed E-state index contributed by atoms with van der Waals surface area (Å²) in [6.07, 6.45) is 1.59. The molecule has 0 aliphatic heterocycles. The van der Waals surface area contributed by atoms with E-state index in [1.165, 1.54) is 4.80 Å². The topological polar surface area (TPSA) is 96.7 Å². The number of hydrogen-bond donors (Lipinski definition) is 2. The molecule has 0 atom stereocenters. The highest BCUT2D eigenvalue weighted by atomic mass is 16.4. The lowest BCUT2D eigenvalue weighted by Gasteiger charge is -1.97. The number of aryl methyl sites for hydroxylation is 1. The van der Waals surface area contributed by atoms with Gasteiger partial charge in [-0.1, -0.05) is 6.07 Å². The fourth-order valence-electron chi connectivity index (χ4n) is 1.83. The van der Waals surface area contributed by atoms with Crippen molar-refractivity contribution in [3.63, 3.8) is 0 Å². The molecular weight excluding hydrogens is 234 g/mol. The fourth-order valence-corrected chi connectivity index (χ4v) is 1.83. The Morgan fingerprint density at radius 3 is 3.00 bits per heavy atom. The number of nitrogens with zero attached hydrogens (tertiary/aromatic N) is 4. The molecule has 3 rings (SSSR count). The largest absolute Gasteiger partial charge is 0.476 e. The van der Waals surface area contributed by atoms with Gasteiger partial charge in [-0.15, -0.1) is 5.10 Å². The molecule has 3 aromatic rings. The number of carboxylic acid groups (broad SMARTS) is 1. The molecule has 0 saturated carbocycles. The van der Waals surface area contributed by atoms with Gasteiger partial charge in [-0.25, -0.2) is 9.78 Å². The molecule has 90 valence electrons. The summed E-state index contributed by atoms with van der Waals surface area (Å²) in [5.74, 6) is -1.09. The van der Waals surface area contributed by atoms with Gasteiger partial charge in [-0.05, 0) is 12.1 Å². The average molecular weight is 243 g/mol.